The Labute approximate surface area is 106 Å². The van der Waals surface area contributed by atoms with Gasteiger partial charge in [-0.25, -0.2) is 0 Å². The molecule has 17 heavy (non-hydrogen) atoms. The predicted molar refractivity (Wildman–Crippen MR) is 69.4 cm³/mol. The average Bonchev–Trinajstić information content (AvgIpc) is 2.77. The zero-order valence-corrected chi connectivity index (χ0v) is 11.0. The molecule has 0 radical (unpaired) electrons. The van der Waals surface area contributed by atoms with Crippen LogP contribution in [0.15, 0.2) is 16.7 Å². The molecular formula is C13H19NO2S. The smallest absolute Gasteiger partial charge is 0.101 e. The Kier molecular flexibility index (Phi) is 3.19. The third-order valence-electron chi connectivity index (χ3n) is 3.79. The quantitative estimate of drug-likeness (QED) is 0.834. The molecule has 2 aliphatic heterocycles. The molecule has 3 heterocycles. The molecule has 0 amide bonds. The van der Waals surface area contributed by atoms with Crippen LogP contribution in [-0.4, -0.2) is 30.3 Å². The van der Waals surface area contributed by atoms with Gasteiger partial charge < -0.3 is 14.5 Å². The second-order valence-corrected chi connectivity index (χ2v) is 6.13. The van der Waals surface area contributed by atoms with Gasteiger partial charge in [-0.3, -0.25) is 0 Å². The van der Waals surface area contributed by atoms with Crippen molar-refractivity contribution in [3.63, 3.8) is 0 Å². The molecule has 94 valence electrons. The monoisotopic (exact) mass is 253 g/mol. The molecule has 1 atom stereocenters. The maximum absolute atomic E-state index is 6.17. The standard InChI is InChI=1S/C13H19NO2S/c1-10-8-11(9-15-10)12-13(16-5-4-14-12)2-6-17-7-3-13/h8-9,12,14H,2-7H2,1H3. The van der Waals surface area contributed by atoms with E-state index in [2.05, 4.69) is 11.4 Å². The fraction of sp³-hybridized carbons (Fsp3) is 0.692. The Morgan fingerprint density at radius 3 is 2.94 bits per heavy atom. The van der Waals surface area contributed by atoms with E-state index in [1.807, 2.05) is 24.9 Å². The van der Waals surface area contributed by atoms with E-state index >= 15 is 0 Å². The minimum Gasteiger partial charge on any atom is -0.469 e. The number of nitrogens with one attached hydrogen (secondary N) is 1. The molecule has 1 aromatic heterocycles. The predicted octanol–water partition coefficient (Wildman–Crippen LogP) is 2.51. The van der Waals surface area contributed by atoms with Crippen molar-refractivity contribution < 1.29 is 9.15 Å². The molecule has 3 nitrogen and oxygen atoms in total. The van der Waals surface area contributed by atoms with E-state index < -0.39 is 0 Å². The van der Waals surface area contributed by atoms with Gasteiger partial charge in [-0.05, 0) is 37.3 Å². The molecule has 1 spiro atoms. The van der Waals surface area contributed by atoms with E-state index in [-0.39, 0.29) is 5.60 Å². The Bertz CT molecular complexity index is 376. The van der Waals surface area contributed by atoms with Gasteiger partial charge in [-0.2, -0.15) is 11.8 Å². The fourth-order valence-corrected chi connectivity index (χ4v) is 4.10. The van der Waals surface area contributed by atoms with Gasteiger partial charge in [0.1, 0.15) is 5.76 Å². The van der Waals surface area contributed by atoms with E-state index in [4.69, 9.17) is 9.15 Å². The summed E-state index contributed by atoms with van der Waals surface area (Å²) in [5, 5.41) is 3.62. The number of furan rings is 1. The van der Waals surface area contributed by atoms with Crippen LogP contribution in [-0.2, 0) is 4.74 Å². The third kappa shape index (κ3) is 2.14. The van der Waals surface area contributed by atoms with Crippen LogP contribution in [0.5, 0.6) is 0 Å². The van der Waals surface area contributed by atoms with Crippen LogP contribution < -0.4 is 5.32 Å². The number of hydrogen-bond donors (Lipinski definition) is 1. The first-order valence-electron chi connectivity index (χ1n) is 6.30. The van der Waals surface area contributed by atoms with Crippen molar-refractivity contribution in [3.8, 4) is 0 Å². The van der Waals surface area contributed by atoms with E-state index in [1.54, 1.807) is 0 Å². The van der Waals surface area contributed by atoms with E-state index in [0.29, 0.717) is 6.04 Å². The maximum Gasteiger partial charge on any atom is 0.101 e. The lowest BCUT2D eigenvalue weighted by Crippen LogP contribution is -2.53. The maximum atomic E-state index is 6.17. The average molecular weight is 253 g/mol. The van der Waals surface area contributed by atoms with Crippen molar-refractivity contribution in [2.45, 2.75) is 31.4 Å². The summed E-state index contributed by atoms with van der Waals surface area (Å²) in [7, 11) is 0. The van der Waals surface area contributed by atoms with E-state index in [1.165, 1.54) is 17.1 Å². The molecule has 0 aromatic carbocycles. The summed E-state index contributed by atoms with van der Waals surface area (Å²) in [4.78, 5) is 0. The van der Waals surface area contributed by atoms with Gasteiger partial charge in [0.15, 0.2) is 0 Å². The summed E-state index contributed by atoms with van der Waals surface area (Å²) >= 11 is 2.03. The number of hydrogen-bond acceptors (Lipinski definition) is 4. The first-order valence-corrected chi connectivity index (χ1v) is 7.46. The molecule has 0 saturated carbocycles. The second kappa shape index (κ2) is 4.67. The first-order chi connectivity index (χ1) is 8.30. The lowest BCUT2D eigenvalue weighted by atomic mass is 9.83. The Morgan fingerprint density at radius 2 is 2.24 bits per heavy atom. The molecule has 1 aromatic rings. The van der Waals surface area contributed by atoms with Crippen molar-refractivity contribution in [3.05, 3.63) is 23.7 Å². The molecule has 2 fully saturated rings. The normalized spacial score (nSPS) is 28.4. The lowest BCUT2D eigenvalue weighted by molar-refractivity contribution is -0.103. The Hall–Kier alpha value is -0.450. The third-order valence-corrected chi connectivity index (χ3v) is 4.78. The molecule has 1 unspecified atom stereocenters. The first kappa shape index (κ1) is 11.6. The number of aryl methyl sites for hydroxylation is 1. The highest BCUT2D eigenvalue weighted by Crippen LogP contribution is 2.42. The molecule has 0 bridgehead atoms. The van der Waals surface area contributed by atoms with Crippen LogP contribution in [0.1, 0.15) is 30.2 Å². The number of rotatable bonds is 1. The van der Waals surface area contributed by atoms with E-state index in [0.717, 1.165) is 31.8 Å². The van der Waals surface area contributed by atoms with Crippen LogP contribution in [0.25, 0.3) is 0 Å². The largest absolute Gasteiger partial charge is 0.469 e. The van der Waals surface area contributed by atoms with E-state index in [9.17, 15) is 0 Å². The lowest BCUT2D eigenvalue weighted by Gasteiger charge is -2.46. The topological polar surface area (TPSA) is 34.4 Å². The van der Waals surface area contributed by atoms with Crippen LogP contribution in [0.3, 0.4) is 0 Å². The number of morpholine rings is 1. The minimum absolute atomic E-state index is 0.000185. The zero-order chi connectivity index (χ0) is 11.7. The van der Waals surface area contributed by atoms with Gasteiger partial charge in [-0.1, -0.05) is 0 Å². The van der Waals surface area contributed by atoms with Crippen molar-refractivity contribution in [2.75, 3.05) is 24.7 Å². The van der Waals surface area contributed by atoms with Gasteiger partial charge in [0.2, 0.25) is 0 Å². The molecule has 4 heteroatoms. The van der Waals surface area contributed by atoms with Gasteiger partial charge >= 0.3 is 0 Å². The summed E-state index contributed by atoms with van der Waals surface area (Å²) in [5.74, 6) is 3.39. The molecule has 2 aliphatic rings. The van der Waals surface area contributed by atoms with Crippen molar-refractivity contribution in [1.82, 2.24) is 5.32 Å². The Balaban J connectivity index is 1.89. The van der Waals surface area contributed by atoms with Crippen LogP contribution in [0.2, 0.25) is 0 Å². The van der Waals surface area contributed by atoms with Gasteiger partial charge in [0.05, 0.1) is 24.5 Å². The number of ether oxygens (including phenoxy) is 1. The van der Waals surface area contributed by atoms with Crippen molar-refractivity contribution >= 4 is 11.8 Å². The van der Waals surface area contributed by atoms with Gasteiger partial charge in [0, 0.05) is 12.1 Å². The van der Waals surface area contributed by atoms with Crippen molar-refractivity contribution in [2.24, 2.45) is 0 Å². The number of thioether (sulfide) groups is 1. The van der Waals surface area contributed by atoms with Gasteiger partial charge in [0.25, 0.3) is 0 Å². The highest BCUT2D eigenvalue weighted by atomic mass is 32.2. The summed E-state index contributed by atoms with van der Waals surface area (Å²) in [6.45, 7) is 3.76. The minimum atomic E-state index is -0.000185. The molecule has 1 N–H and O–H groups in total. The zero-order valence-electron chi connectivity index (χ0n) is 10.2. The summed E-state index contributed by atoms with van der Waals surface area (Å²) < 4.78 is 11.6. The summed E-state index contributed by atoms with van der Waals surface area (Å²) in [6.07, 6.45) is 4.16. The van der Waals surface area contributed by atoms with Crippen molar-refractivity contribution in [1.29, 1.82) is 0 Å². The SMILES string of the molecule is Cc1cc(C2NCCOC23CCSCC3)co1. The van der Waals surface area contributed by atoms with Gasteiger partial charge in [-0.15, -0.1) is 0 Å². The summed E-state index contributed by atoms with van der Waals surface area (Å²) in [5.41, 5.74) is 1.24. The molecular weight excluding hydrogens is 234 g/mol. The summed E-state index contributed by atoms with van der Waals surface area (Å²) in [6, 6.07) is 2.44. The van der Waals surface area contributed by atoms with Crippen LogP contribution >= 0.6 is 11.8 Å². The molecule has 2 saturated heterocycles. The van der Waals surface area contributed by atoms with Crippen LogP contribution in [0, 0.1) is 6.92 Å². The highest BCUT2D eigenvalue weighted by Gasteiger charge is 2.44. The molecule has 0 aliphatic carbocycles. The highest BCUT2D eigenvalue weighted by molar-refractivity contribution is 7.99. The van der Waals surface area contributed by atoms with Crippen LogP contribution in [0.4, 0.5) is 0 Å². The second-order valence-electron chi connectivity index (χ2n) is 4.90. The molecule has 3 rings (SSSR count). The Morgan fingerprint density at radius 1 is 1.41 bits per heavy atom. The fourth-order valence-electron chi connectivity index (χ4n) is 2.91.